The van der Waals surface area contributed by atoms with E-state index in [0.717, 1.165) is 21.8 Å². The Bertz CT molecular complexity index is 3390. The average molecular weight is 740 g/mol. The van der Waals surface area contributed by atoms with Gasteiger partial charge in [-0.3, -0.25) is 9.97 Å². The van der Waals surface area contributed by atoms with Gasteiger partial charge in [0, 0.05) is 45.0 Å². The maximum atomic E-state index is 4.76. The minimum absolute atomic E-state index is 0.154. The van der Waals surface area contributed by atoms with Crippen LogP contribution in [0.25, 0.3) is 105 Å². The Morgan fingerprint density at radius 3 is 1.45 bits per heavy atom. The second-order valence-corrected chi connectivity index (χ2v) is 16.2. The molecule has 0 spiro atoms. The fourth-order valence-corrected chi connectivity index (χ4v) is 9.79. The van der Waals surface area contributed by atoms with Crippen LogP contribution in [0.1, 0.15) is 25.0 Å². The van der Waals surface area contributed by atoms with Gasteiger partial charge in [-0.25, -0.2) is 0 Å². The van der Waals surface area contributed by atoms with Crippen molar-refractivity contribution in [1.82, 2.24) is 14.5 Å². The van der Waals surface area contributed by atoms with Gasteiger partial charge < -0.3 is 4.57 Å². The van der Waals surface area contributed by atoms with Crippen molar-refractivity contribution in [3.8, 4) is 50.2 Å². The van der Waals surface area contributed by atoms with Gasteiger partial charge in [0.1, 0.15) is 0 Å². The van der Waals surface area contributed by atoms with E-state index in [1.54, 1.807) is 12.4 Å². The maximum Gasteiger partial charge on any atom is 0.0971 e. The number of para-hydroxylation sites is 2. The van der Waals surface area contributed by atoms with E-state index in [1.165, 1.54) is 93.9 Å². The molecule has 0 radical (unpaired) electrons. The number of fused-ring (bicyclic) bond motifs is 12. The highest BCUT2D eigenvalue weighted by Crippen LogP contribution is 2.51. The lowest BCUT2D eigenvalue weighted by atomic mass is 9.80. The number of hydrogen-bond acceptors (Lipinski definition) is 2. The molecular formula is C55H37N3. The van der Waals surface area contributed by atoms with Gasteiger partial charge in [0.05, 0.1) is 22.1 Å². The number of rotatable bonds is 4. The average Bonchev–Trinajstić information content (AvgIpc) is 3.74. The molecule has 0 saturated carbocycles. The van der Waals surface area contributed by atoms with Crippen molar-refractivity contribution in [3.05, 3.63) is 199 Å². The number of aromatic nitrogens is 3. The van der Waals surface area contributed by atoms with Crippen LogP contribution >= 0.6 is 0 Å². The van der Waals surface area contributed by atoms with Crippen LogP contribution in [0.5, 0.6) is 0 Å². The summed E-state index contributed by atoms with van der Waals surface area (Å²) < 4.78 is 2.39. The molecule has 0 saturated heterocycles. The maximum absolute atomic E-state index is 4.76. The standard InChI is InChI=1S/C55H37N3/c1-55(2)49-32-38(35-20-18-34(19-21-35)36-10-9-11-40(30-36)58-51-16-7-5-13-44(51)45-14-6-8-17-52(45)58)22-25-42(49)43-26-23-39(33-50(43)55)37-24-27-47-48(31-37)41-12-3-4-15-46(41)53-54(47)57-29-28-56-53/h3-33H,1-2H3. The largest absolute Gasteiger partial charge is 0.309 e. The number of hydrogen-bond donors (Lipinski definition) is 0. The van der Waals surface area contributed by atoms with Crippen LogP contribution in [0.3, 0.4) is 0 Å². The van der Waals surface area contributed by atoms with Gasteiger partial charge in [-0.15, -0.1) is 0 Å². The molecule has 1 aliphatic rings. The molecule has 58 heavy (non-hydrogen) atoms. The molecular weight excluding hydrogens is 703 g/mol. The van der Waals surface area contributed by atoms with Gasteiger partial charge in [-0.1, -0.05) is 147 Å². The molecule has 272 valence electrons. The minimum atomic E-state index is -0.154. The van der Waals surface area contributed by atoms with Gasteiger partial charge in [-0.05, 0) is 109 Å². The van der Waals surface area contributed by atoms with E-state index in [4.69, 9.17) is 9.97 Å². The van der Waals surface area contributed by atoms with E-state index in [9.17, 15) is 0 Å². The zero-order valence-corrected chi connectivity index (χ0v) is 32.2. The first kappa shape index (κ1) is 32.8. The molecule has 2 aromatic heterocycles. The molecule has 1 aliphatic carbocycles. The van der Waals surface area contributed by atoms with Crippen molar-refractivity contribution in [3.63, 3.8) is 0 Å². The smallest absolute Gasteiger partial charge is 0.0971 e. The van der Waals surface area contributed by atoms with Gasteiger partial charge >= 0.3 is 0 Å². The first-order valence-corrected chi connectivity index (χ1v) is 20.1. The zero-order chi connectivity index (χ0) is 38.5. The molecule has 9 aromatic carbocycles. The first-order valence-electron chi connectivity index (χ1n) is 20.1. The summed E-state index contributed by atoms with van der Waals surface area (Å²) in [5.41, 5.74) is 18.0. The monoisotopic (exact) mass is 739 g/mol. The van der Waals surface area contributed by atoms with E-state index < -0.39 is 0 Å². The summed E-state index contributed by atoms with van der Waals surface area (Å²) in [5, 5.41) is 7.23. The Morgan fingerprint density at radius 1 is 0.362 bits per heavy atom. The lowest BCUT2D eigenvalue weighted by molar-refractivity contribution is 0.661. The summed E-state index contributed by atoms with van der Waals surface area (Å²) in [7, 11) is 0. The van der Waals surface area contributed by atoms with Crippen LogP contribution in [0.2, 0.25) is 0 Å². The summed E-state index contributed by atoms with van der Waals surface area (Å²) in [4.78, 5) is 9.48. The van der Waals surface area contributed by atoms with E-state index in [1.807, 2.05) is 0 Å². The van der Waals surface area contributed by atoms with Crippen LogP contribution in [0.4, 0.5) is 0 Å². The summed E-state index contributed by atoms with van der Waals surface area (Å²) in [5.74, 6) is 0. The quantitative estimate of drug-likeness (QED) is 0.168. The minimum Gasteiger partial charge on any atom is -0.309 e. The molecule has 3 heteroatoms. The summed E-state index contributed by atoms with van der Waals surface area (Å²) in [6.45, 7) is 4.74. The van der Waals surface area contributed by atoms with Gasteiger partial charge in [0.15, 0.2) is 0 Å². The topological polar surface area (TPSA) is 30.7 Å². The van der Waals surface area contributed by atoms with Gasteiger partial charge in [0.25, 0.3) is 0 Å². The lowest BCUT2D eigenvalue weighted by Crippen LogP contribution is -2.15. The third-order valence-electron chi connectivity index (χ3n) is 12.7. The number of benzene rings is 9. The Kier molecular flexibility index (Phi) is 6.98. The van der Waals surface area contributed by atoms with Crippen molar-refractivity contribution in [2.45, 2.75) is 19.3 Å². The fraction of sp³-hybridized carbons (Fsp3) is 0.0545. The summed E-state index contributed by atoms with van der Waals surface area (Å²) in [6.07, 6.45) is 3.58. The molecule has 3 nitrogen and oxygen atoms in total. The highest BCUT2D eigenvalue weighted by molar-refractivity contribution is 6.23. The summed E-state index contributed by atoms with van der Waals surface area (Å²) in [6, 6.07) is 64.8. The number of nitrogens with zero attached hydrogens (tertiary/aromatic N) is 3. The van der Waals surface area contributed by atoms with Crippen molar-refractivity contribution in [2.24, 2.45) is 0 Å². The second kappa shape index (κ2) is 12.3. The molecule has 11 aromatic rings. The van der Waals surface area contributed by atoms with E-state index in [2.05, 4.69) is 194 Å². The van der Waals surface area contributed by atoms with Crippen molar-refractivity contribution >= 4 is 54.4 Å². The molecule has 0 unspecified atom stereocenters. The Morgan fingerprint density at radius 2 is 0.828 bits per heavy atom. The zero-order valence-electron chi connectivity index (χ0n) is 32.2. The third kappa shape index (κ3) is 4.80. The molecule has 0 aliphatic heterocycles. The van der Waals surface area contributed by atoms with E-state index in [-0.39, 0.29) is 5.41 Å². The second-order valence-electron chi connectivity index (χ2n) is 16.2. The van der Waals surface area contributed by atoms with Crippen LogP contribution in [-0.2, 0) is 5.41 Å². The Balaban J connectivity index is 0.875. The SMILES string of the molecule is CC1(C)c2cc(-c3ccc(-c4cccc(-n5c6ccccc6c6ccccc65)c4)cc3)ccc2-c2ccc(-c3ccc4c(c3)c3ccccc3c3nccnc43)cc21. The van der Waals surface area contributed by atoms with Crippen molar-refractivity contribution in [2.75, 3.05) is 0 Å². The molecule has 0 amide bonds. The van der Waals surface area contributed by atoms with Crippen LogP contribution in [-0.4, -0.2) is 14.5 Å². The van der Waals surface area contributed by atoms with Gasteiger partial charge in [-0.2, -0.15) is 0 Å². The first-order chi connectivity index (χ1) is 28.5. The molecule has 0 bridgehead atoms. The molecule has 0 fully saturated rings. The van der Waals surface area contributed by atoms with Crippen molar-refractivity contribution < 1.29 is 0 Å². The van der Waals surface area contributed by atoms with Gasteiger partial charge in [0.2, 0.25) is 0 Å². The Labute approximate surface area is 336 Å². The van der Waals surface area contributed by atoms with E-state index >= 15 is 0 Å². The molecule has 0 N–H and O–H groups in total. The van der Waals surface area contributed by atoms with Crippen LogP contribution in [0.15, 0.2) is 188 Å². The van der Waals surface area contributed by atoms with Crippen LogP contribution in [0, 0.1) is 0 Å². The van der Waals surface area contributed by atoms with Crippen LogP contribution < -0.4 is 0 Å². The molecule has 2 heterocycles. The normalized spacial score (nSPS) is 13.1. The third-order valence-corrected chi connectivity index (χ3v) is 12.7. The van der Waals surface area contributed by atoms with Crippen molar-refractivity contribution in [1.29, 1.82) is 0 Å². The highest BCUT2D eigenvalue weighted by Gasteiger charge is 2.36. The summed E-state index contributed by atoms with van der Waals surface area (Å²) >= 11 is 0. The fourth-order valence-electron chi connectivity index (χ4n) is 9.79. The van der Waals surface area contributed by atoms with E-state index in [0.29, 0.717) is 0 Å². The highest BCUT2D eigenvalue weighted by atomic mass is 15.0. The molecule has 0 atom stereocenters. The molecule has 12 rings (SSSR count). The lowest BCUT2D eigenvalue weighted by Gasteiger charge is -2.23. The Hall–Kier alpha value is -7.36. The predicted molar refractivity (Wildman–Crippen MR) is 243 cm³/mol. The predicted octanol–water partition coefficient (Wildman–Crippen LogP) is 14.3.